The van der Waals surface area contributed by atoms with Gasteiger partial charge in [0.15, 0.2) is 5.65 Å². The Labute approximate surface area is 116 Å². The maximum absolute atomic E-state index is 4.77. The minimum atomic E-state index is 0.760. The summed E-state index contributed by atoms with van der Waals surface area (Å²) in [5, 5.41) is 0. The lowest BCUT2D eigenvalue weighted by Gasteiger charge is -2.09. The van der Waals surface area contributed by atoms with E-state index in [0.717, 1.165) is 35.7 Å². The van der Waals surface area contributed by atoms with Crippen LogP contribution in [0.1, 0.15) is 50.7 Å². The molecule has 0 aliphatic rings. The van der Waals surface area contributed by atoms with Crippen molar-refractivity contribution in [2.45, 2.75) is 60.4 Å². The maximum atomic E-state index is 4.77. The molecule has 2 aromatic rings. The molecule has 0 fully saturated rings. The van der Waals surface area contributed by atoms with Gasteiger partial charge in [-0.05, 0) is 44.2 Å². The first kappa shape index (κ1) is 14.0. The van der Waals surface area contributed by atoms with E-state index in [1.54, 1.807) is 0 Å². The molecule has 19 heavy (non-hydrogen) atoms. The summed E-state index contributed by atoms with van der Waals surface area (Å²) in [4.78, 5) is 9.47. The van der Waals surface area contributed by atoms with E-state index in [2.05, 4.69) is 45.3 Å². The zero-order valence-electron chi connectivity index (χ0n) is 12.8. The maximum Gasteiger partial charge on any atom is 0.160 e. The summed E-state index contributed by atoms with van der Waals surface area (Å²) in [6.07, 6.45) is 3.43. The smallest absolute Gasteiger partial charge is 0.160 e. The number of aromatic nitrogens is 3. The Morgan fingerprint density at radius 2 is 1.95 bits per heavy atom. The summed E-state index contributed by atoms with van der Waals surface area (Å²) in [6.45, 7) is 11.9. The molecule has 104 valence electrons. The number of hydrogen-bond donors (Lipinski definition) is 0. The Bertz CT molecular complexity index is 567. The summed E-state index contributed by atoms with van der Waals surface area (Å²) in [5.41, 5.74) is 4.46. The van der Waals surface area contributed by atoms with Crippen LogP contribution in [0.25, 0.3) is 11.2 Å². The summed E-state index contributed by atoms with van der Waals surface area (Å²) < 4.78 is 2.32. The van der Waals surface area contributed by atoms with Crippen molar-refractivity contribution in [3.8, 4) is 0 Å². The third-order valence-corrected chi connectivity index (χ3v) is 3.58. The van der Waals surface area contributed by atoms with Crippen LogP contribution in [0.5, 0.6) is 0 Å². The largest absolute Gasteiger partial charge is 0.313 e. The number of hydrogen-bond acceptors (Lipinski definition) is 2. The predicted molar refractivity (Wildman–Crippen MR) is 80.5 cm³/mol. The lowest BCUT2D eigenvalue weighted by Crippen LogP contribution is -2.05. The van der Waals surface area contributed by atoms with Gasteiger partial charge in [0.1, 0.15) is 11.3 Å². The second-order valence-electron chi connectivity index (χ2n) is 5.82. The van der Waals surface area contributed by atoms with E-state index in [4.69, 9.17) is 9.97 Å². The van der Waals surface area contributed by atoms with Crippen LogP contribution in [0.15, 0.2) is 6.07 Å². The van der Waals surface area contributed by atoms with Gasteiger partial charge >= 0.3 is 0 Å². The van der Waals surface area contributed by atoms with E-state index in [9.17, 15) is 0 Å². The third kappa shape index (κ3) is 2.96. The highest BCUT2D eigenvalue weighted by molar-refractivity contribution is 5.75. The molecule has 2 aromatic heterocycles. The number of imidazole rings is 1. The van der Waals surface area contributed by atoms with Crippen LogP contribution in [0.3, 0.4) is 0 Å². The van der Waals surface area contributed by atoms with Crippen LogP contribution in [0, 0.1) is 19.8 Å². The van der Waals surface area contributed by atoms with Crippen LogP contribution in [-0.2, 0) is 13.0 Å². The monoisotopic (exact) mass is 259 g/mol. The van der Waals surface area contributed by atoms with Gasteiger partial charge in [-0.2, -0.15) is 0 Å². The number of aryl methyl sites for hydroxylation is 4. The molecule has 0 amide bonds. The first-order chi connectivity index (χ1) is 9.02. The molecular weight excluding hydrogens is 234 g/mol. The highest BCUT2D eigenvalue weighted by Crippen LogP contribution is 2.20. The van der Waals surface area contributed by atoms with Gasteiger partial charge in [0.25, 0.3) is 0 Å². The first-order valence-corrected chi connectivity index (χ1v) is 7.36. The van der Waals surface area contributed by atoms with Gasteiger partial charge in [0.2, 0.25) is 0 Å². The fourth-order valence-corrected chi connectivity index (χ4v) is 2.61. The molecule has 0 atom stereocenters. The Balaban J connectivity index is 2.39. The van der Waals surface area contributed by atoms with E-state index in [1.165, 1.54) is 24.2 Å². The van der Waals surface area contributed by atoms with Crippen LogP contribution in [-0.4, -0.2) is 14.5 Å². The summed E-state index contributed by atoms with van der Waals surface area (Å²) >= 11 is 0. The Morgan fingerprint density at radius 3 is 2.58 bits per heavy atom. The first-order valence-electron chi connectivity index (χ1n) is 7.36. The second kappa shape index (κ2) is 5.72. The summed E-state index contributed by atoms with van der Waals surface area (Å²) in [6, 6.07) is 2.12. The Hall–Kier alpha value is -1.38. The lowest BCUT2D eigenvalue weighted by molar-refractivity contribution is 0.508. The fraction of sp³-hybridized carbons (Fsp3) is 0.625. The second-order valence-corrected chi connectivity index (χ2v) is 5.82. The lowest BCUT2D eigenvalue weighted by atomic mass is 10.1. The van der Waals surface area contributed by atoms with Crippen molar-refractivity contribution in [3.05, 3.63) is 23.1 Å². The predicted octanol–water partition coefficient (Wildman–Crippen LogP) is 4.05. The van der Waals surface area contributed by atoms with Crippen LogP contribution in [0.2, 0.25) is 0 Å². The normalized spacial score (nSPS) is 11.7. The van der Waals surface area contributed by atoms with Crippen molar-refractivity contribution < 1.29 is 0 Å². The molecule has 0 radical (unpaired) electrons. The number of pyridine rings is 1. The van der Waals surface area contributed by atoms with Crippen molar-refractivity contribution >= 4 is 11.2 Å². The highest BCUT2D eigenvalue weighted by Gasteiger charge is 2.13. The quantitative estimate of drug-likeness (QED) is 0.811. The molecule has 0 saturated heterocycles. The van der Waals surface area contributed by atoms with Gasteiger partial charge in [-0.3, -0.25) is 0 Å². The molecule has 0 saturated carbocycles. The SMILES string of the molecule is CCc1nc2c(C)cc(C)nc2n1CCCC(C)C. The van der Waals surface area contributed by atoms with Gasteiger partial charge in [-0.15, -0.1) is 0 Å². The van der Waals surface area contributed by atoms with Crippen molar-refractivity contribution in [1.29, 1.82) is 0 Å². The number of nitrogens with zero attached hydrogens (tertiary/aromatic N) is 3. The number of rotatable bonds is 5. The average Bonchev–Trinajstić information content (AvgIpc) is 2.67. The molecule has 0 spiro atoms. The zero-order valence-corrected chi connectivity index (χ0v) is 12.8. The molecular formula is C16H25N3. The standard InChI is InChI=1S/C16H25N3/c1-6-14-18-15-12(4)10-13(5)17-16(15)19(14)9-7-8-11(2)3/h10-11H,6-9H2,1-5H3. The van der Waals surface area contributed by atoms with Crippen LogP contribution >= 0.6 is 0 Å². The van der Waals surface area contributed by atoms with Gasteiger partial charge in [0, 0.05) is 18.7 Å². The molecule has 3 heteroatoms. The van der Waals surface area contributed by atoms with Gasteiger partial charge in [-0.1, -0.05) is 20.8 Å². The molecule has 0 aliphatic heterocycles. The average molecular weight is 259 g/mol. The molecule has 0 bridgehead atoms. The van der Waals surface area contributed by atoms with Crippen molar-refractivity contribution in [2.75, 3.05) is 0 Å². The molecule has 0 aromatic carbocycles. The molecule has 2 heterocycles. The van der Waals surface area contributed by atoms with E-state index >= 15 is 0 Å². The molecule has 0 aliphatic carbocycles. The van der Waals surface area contributed by atoms with Crippen LogP contribution in [0.4, 0.5) is 0 Å². The number of fused-ring (bicyclic) bond motifs is 1. The zero-order chi connectivity index (χ0) is 14.0. The van der Waals surface area contributed by atoms with E-state index in [0.29, 0.717) is 0 Å². The third-order valence-electron chi connectivity index (χ3n) is 3.58. The van der Waals surface area contributed by atoms with Gasteiger partial charge in [-0.25, -0.2) is 9.97 Å². The van der Waals surface area contributed by atoms with Gasteiger partial charge < -0.3 is 4.57 Å². The van der Waals surface area contributed by atoms with E-state index < -0.39 is 0 Å². The topological polar surface area (TPSA) is 30.7 Å². The van der Waals surface area contributed by atoms with Crippen molar-refractivity contribution in [2.24, 2.45) is 5.92 Å². The minimum Gasteiger partial charge on any atom is -0.313 e. The molecule has 0 unspecified atom stereocenters. The van der Waals surface area contributed by atoms with Gasteiger partial charge in [0.05, 0.1) is 0 Å². The van der Waals surface area contributed by atoms with Crippen molar-refractivity contribution in [1.82, 2.24) is 14.5 Å². The summed E-state index contributed by atoms with van der Waals surface area (Å²) in [7, 11) is 0. The highest BCUT2D eigenvalue weighted by atomic mass is 15.1. The molecule has 0 N–H and O–H groups in total. The van der Waals surface area contributed by atoms with Crippen LogP contribution < -0.4 is 0 Å². The molecule has 2 rings (SSSR count). The van der Waals surface area contributed by atoms with E-state index in [1.807, 2.05) is 0 Å². The summed E-state index contributed by atoms with van der Waals surface area (Å²) in [5.74, 6) is 1.93. The fourth-order valence-electron chi connectivity index (χ4n) is 2.61. The molecule has 3 nitrogen and oxygen atoms in total. The Morgan fingerprint density at radius 1 is 1.21 bits per heavy atom. The Kier molecular flexibility index (Phi) is 4.23. The van der Waals surface area contributed by atoms with E-state index in [-0.39, 0.29) is 0 Å². The minimum absolute atomic E-state index is 0.760. The van der Waals surface area contributed by atoms with Crippen molar-refractivity contribution in [3.63, 3.8) is 0 Å².